The summed E-state index contributed by atoms with van der Waals surface area (Å²) in [5, 5.41) is 2.66. The Kier molecular flexibility index (Phi) is 7.49. The summed E-state index contributed by atoms with van der Waals surface area (Å²) in [6.07, 6.45) is 1.06. The molecule has 0 spiro atoms. The Hall–Kier alpha value is -2.26. The molecule has 1 N–H and O–H groups in total. The van der Waals surface area contributed by atoms with Crippen LogP contribution in [0.1, 0.15) is 0 Å². The zero-order valence-corrected chi connectivity index (χ0v) is 17.4. The Morgan fingerprint density at radius 1 is 1.15 bits per heavy atom. The molecule has 2 rings (SSSR count). The number of carbonyl (C=O) groups excluding carboxylic acids is 1. The molecule has 0 fully saturated rings. The number of ether oxygens (including phenoxy) is 2. The summed E-state index contributed by atoms with van der Waals surface area (Å²) < 4.78 is 36.4. The van der Waals surface area contributed by atoms with Crippen molar-refractivity contribution in [2.75, 3.05) is 37.4 Å². The lowest BCUT2D eigenvalue weighted by atomic mass is 10.3. The summed E-state index contributed by atoms with van der Waals surface area (Å²) in [5.41, 5.74) is 0.413. The maximum absolute atomic E-state index is 12.2. The van der Waals surface area contributed by atoms with Crippen LogP contribution in [0.5, 0.6) is 11.5 Å². The van der Waals surface area contributed by atoms with E-state index in [2.05, 4.69) is 21.2 Å². The summed E-state index contributed by atoms with van der Waals surface area (Å²) in [6, 6.07) is 13.8. The van der Waals surface area contributed by atoms with Gasteiger partial charge in [-0.3, -0.25) is 9.10 Å². The number of nitrogens with one attached hydrogen (secondary N) is 1. The molecule has 7 nitrogen and oxygen atoms in total. The highest BCUT2D eigenvalue weighted by molar-refractivity contribution is 9.10. The van der Waals surface area contributed by atoms with Crippen LogP contribution in [0.25, 0.3) is 0 Å². The first-order valence-electron chi connectivity index (χ1n) is 8.06. The SMILES string of the molecule is COc1ccc(OCCNC(=O)CN(c2cccc(Br)c2)S(C)(=O)=O)cc1. The van der Waals surface area contributed by atoms with Crippen LogP contribution in [0.15, 0.2) is 53.0 Å². The van der Waals surface area contributed by atoms with Gasteiger partial charge in [-0.1, -0.05) is 22.0 Å². The molecule has 0 aromatic heterocycles. The number of carbonyl (C=O) groups is 1. The molecule has 1 amide bonds. The number of methoxy groups -OCH3 is 1. The molecule has 0 bridgehead atoms. The van der Waals surface area contributed by atoms with Crippen molar-refractivity contribution in [1.29, 1.82) is 0 Å². The summed E-state index contributed by atoms with van der Waals surface area (Å²) in [4.78, 5) is 12.2. The molecule has 0 aliphatic heterocycles. The first-order chi connectivity index (χ1) is 12.8. The average Bonchev–Trinajstić information content (AvgIpc) is 2.63. The molecular weight excluding hydrogens is 436 g/mol. The van der Waals surface area contributed by atoms with E-state index in [-0.39, 0.29) is 19.7 Å². The number of benzene rings is 2. The number of hydrogen-bond acceptors (Lipinski definition) is 5. The molecular formula is C18H21BrN2O5S. The van der Waals surface area contributed by atoms with Crippen LogP contribution in [0.3, 0.4) is 0 Å². The molecule has 0 heterocycles. The Morgan fingerprint density at radius 2 is 1.81 bits per heavy atom. The lowest BCUT2D eigenvalue weighted by Gasteiger charge is -2.22. The van der Waals surface area contributed by atoms with Gasteiger partial charge in [0.25, 0.3) is 0 Å². The Balaban J connectivity index is 1.86. The monoisotopic (exact) mass is 456 g/mol. The van der Waals surface area contributed by atoms with E-state index in [4.69, 9.17) is 9.47 Å². The number of sulfonamides is 1. The second-order valence-corrected chi connectivity index (χ2v) is 8.45. The van der Waals surface area contributed by atoms with Crippen molar-refractivity contribution >= 4 is 37.5 Å². The molecule has 0 aliphatic carbocycles. The van der Waals surface area contributed by atoms with Gasteiger partial charge in [0.1, 0.15) is 24.7 Å². The van der Waals surface area contributed by atoms with E-state index in [1.165, 1.54) is 0 Å². The quantitative estimate of drug-likeness (QED) is 0.585. The summed E-state index contributed by atoms with van der Waals surface area (Å²) in [6.45, 7) is 0.201. The normalized spacial score (nSPS) is 10.9. The van der Waals surface area contributed by atoms with E-state index in [1.54, 1.807) is 55.6 Å². The van der Waals surface area contributed by atoms with Crippen LogP contribution >= 0.6 is 15.9 Å². The van der Waals surface area contributed by atoms with E-state index < -0.39 is 15.9 Å². The van der Waals surface area contributed by atoms with Crippen molar-refractivity contribution in [2.24, 2.45) is 0 Å². The molecule has 0 saturated heterocycles. The molecule has 2 aromatic carbocycles. The molecule has 0 atom stereocenters. The maximum Gasteiger partial charge on any atom is 0.240 e. The van der Waals surface area contributed by atoms with Crippen LogP contribution < -0.4 is 19.1 Å². The third-order valence-electron chi connectivity index (χ3n) is 3.54. The van der Waals surface area contributed by atoms with E-state index in [0.29, 0.717) is 11.4 Å². The second kappa shape index (κ2) is 9.61. The molecule has 0 aliphatic rings. The zero-order valence-electron chi connectivity index (χ0n) is 15.0. The van der Waals surface area contributed by atoms with Gasteiger partial charge in [0.15, 0.2) is 0 Å². The van der Waals surface area contributed by atoms with Gasteiger partial charge in [0.2, 0.25) is 15.9 Å². The molecule has 27 heavy (non-hydrogen) atoms. The van der Waals surface area contributed by atoms with E-state index in [9.17, 15) is 13.2 Å². The summed E-state index contributed by atoms with van der Waals surface area (Å²) in [7, 11) is -2.02. The highest BCUT2D eigenvalue weighted by Crippen LogP contribution is 2.22. The Morgan fingerprint density at radius 3 is 2.41 bits per heavy atom. The van der Waals surface area contributed by atoms with E-state index in [0.717, 1.165) is 20.8 Å². The largest absolute Gasteiger partial charge is 0.497 e. The van der Waals surface area contributed by atoms with Gasteiger partial charge in [0, 0.05) is 4.47 Å². The highest BCUT2D eigenvalue weighted by Gasteiger charge is 2.20. The van der Waals surface area contributed by atoms with Crippen molar-refractivity contribution in [3.05, 3.63) is 53.0 Å². The maximum atomic E-state index is 12.2. The molecule has 0 unspecified atom stereocenters. The Labute approximate surface area is 167 Å². The third-order valence-corrected chi connectivity index (χ3v) is 5.17. The van der Waals surface area contributed by atoms with Crippen LogP contribution in [0.2, 0.25) is 0 Å². The first kappa shape index (κ1) is 21.0. The minimum Gasteiger partial charge on any atom is -0.497 e. The lowest BCUT2D eigenvalue weighted by Crippen LogP contribution is -2.41. The molecule has 0 saturated carbocycles. The summed E-state index contributed by atoms with van der Waals surface area (Å²) >= 11 is 3.30. The van der Waals surface area contributed by atoms with Crippen molar-refractivity contribution in [3.63, 3.8) is 0 Å². The number of hydrogen-bond donors (Lipinski definition) is 1. The fraction of sp³-hybridized carbons (Fsp3) is 0.278. The van der Waals surface area contributed by atoms with Crippen molar-refractivity contribution in [3.8, 4) is 11.5 Å². The number of anilines is 1. The number of halogens is 1. The zero-order chi connectivity index (χ0) is 19.9. The van der Waals surface area contributed by atoms with Gasteiger partial charge in [0.05, 0.1) is 25.6 Å². The number of nitrogens with zero attached hydrogens (tertiary/aromatic N) is 1. The minimum atomic E-state index is -3.60. The van der Waals surface area contributed by atoms with E-state index >= 15 is 0 Å². The first-order valence-corrected chi connectivity index (χ1v) is 10.7. The van der Waals surface area contributed by atoms with Gasteiger partial charge >= 0.3 is 0 Å². The fourth-order valence-electron chi connectivity index (χ4n) is 2.25. The van der Waals surface area contributed by atoms with Gasteiger partial charge in [-0.15, -0.1) is 0 Å². The van der Waals surface area contributed by atoms with Crippen LogP contribution in [-0.4, -0.2) is 47.4 Å². The summed E-state index contributed by atoms with van der Waals surface area (Å²) in [5.74, 6) is 0.958. The van der Waals surface area contributed by atoms with Crippen LogP contribution in [0, 0.1) is 0 Å². The molecule has 146 valence electrons. The van der Waals surface area contributed by atoms with Crippen molar-refractivity contribution < 1.29 is 22.7 Å². The molecule has 2 aromatic rings. The van der Waals surface area contributed by atoms with Gasteiger partial charge in [-0.05, 0) is 42.5 Å². The number of amides is 1. The molecule has 0 radical (unpaired) electrons. The van der Waals surface area contributed by atoms with Crippen molar-refractivity contribution in [2.45, 2.75) is 0 Å². The van der Waals surface area contributed by atoms with Crippen LogP contribution in [-0.2, 0) is 14.8 Å². The highest BCUT2D eigenvalue weighted by atomic mass is 79.9. The van der Waals surface area contributed by atoms with Crippen LogP contribution in [0.4, 0.5) is 5.69 Å². The van der Waals surface area contributed by atoms with Gasteiger partial charge in [-0.2, -0.15) is 0 Å². The topological polar surface area (TPSA) is 84.9 Å². The lowest BCUT2D eigenvalue weighted by molar-refractivity contribution is -0.119. The van der Waals surface area contributed by atoms with Gasteiger partial charge in [-0.25, -0.2) is 8.42 Å². The smallest absolute Gasteiger partial charge is 0.240 e. The molecule has 9 heteroatoms. The predicted molar refractivity (Wildman–Crippen MR) is 108 cm³/mol. The minimum absolute atomic E-state index is 0.251. The second-order valence-electron chi connectivity index (χ2n) is 5.62. The fourth-order valence-corrected chi connectivity index (χ4v) is 3.48. The third kappa shape index (κ3) is 6.76. The van der Waals surface area contributed by atoms with Gasteiger partial charge < -0.3 is 14.8 Å². The average molecular weight is 457 g/mol. The van der Waals surface area contributed by atoms with E-state index in [1.807, 2.05) is 0 Å². The number of rotatable bonds is 9. The van der Waals surface area contributed by atoms with Crippen molar-refractivity contribution in [1.82, 2.24) is 5.32 Å². The predicted octanol–water partition coefficient (Wildman–Crippen LogP) is 2.42. The standard InChI is InChI=1S/C18H21BrN2O5S/c1-25-16-6-8-17(9-7-16)26-11-10-20-18(22)13-21(27(2,23)24)15-5-3-4-14(19)12-15/h3-9,12H,10-11,13H2,1-2H3,(H,20,22). The Bertz CT molecular complexity index is 872.